The number of fused-ring (bicyclic) bond motifs is 1. The van der Waals surface area contributed by atoms with Crippen LogP contribution in [0.1, 0.15) is 17.0 Å². The van der Waals surface area contributed by atoms with Gasteiger partial charge in [-0.2, -0.15) is 0 Å². The summed E-state index contributed by atoms with van der Waals surface area (Å²) in [6, 6.07) is 11.4. The number of hydrogen-bond acceptors (Lipinski definition) is 3. The fourth-order valence-electron chi connectivity index (χ4n) is 2.37. The second kappa shape index (κ2) is 5.44. The Morgan fingerprint density at radius 2 is 2.00 bits per heavy atom. The first-order valence-electron chi connectivity index (χ1n) is 6.91. The Bertz CT molecular complexity index is 819. The van der Waals surface area contributed by atoms with E-state index < -0.39 is 0 Å². The molecule has 0 saturated carbocycles. The molecule has 5 heteroatoms. The van der Waals surface area contributed by atoms with Gasteiger partial charge in [0.1, 0.15) is 5.75 Å². The Balaban J connectivity index is 1.82. The molecule has 0 radical (unpaired) electrons. The third-order valence-corrected chi connectivity index (χ3v) is 3.41. The molecule has 0 saturated heterocycles. The molecule has 0 aliphatic carbocycles. The van der Waals surface area contributed by atoms with Crippen molar-refractivity contribution in [1.82, 2.24) is 14.6 Å². The van der Waals surface area contributed by atoms with Crippen molar-refractivity contribution in [2.45, 2.75) is 20.3 Å². The molecule has 3 rings (SSSR count). The molecule has 2 heterocycles. The number of nitrogens with zero attached hydrogens (tertiary/aromatic N) is 2. The highest BCUT2D eigenvalue weighted by Gasteiger charge is 2.11. The Hall–Kier alpha value is -2.56. The van der Waals surface area contributed by atoms with E-state index in [0.717, 1.165) is 17.1 Å². The smallest absolute Gasteiger partial charge is 0.276 e. The van der Waals surface area contributed by atoms with Crippen LogP contribution in [0.3, 0.4) is 0 Å². The predicted octanol–water partition coefficient (Wildman–Crippen LogP) is 2.26. The maximum atomic E-state index is 12.4. The number of aromatic nitrogens is 3. The third-order valence-electron chi connectivity index (χ3n) is 3.41. The lowest BCUT2D eigenvalue weighted by atomic mass is 10.2. The van der Waals surface area contributed by atoms with Gasteiger partial charge in [-0.3, -0.25) is 9.89 Å². The summed E-state index contributed by atoms with van der Waals surface area (Å²) < 4.78 is 7.14. The van der Waals surface area contributed by atoms with Crippen molar-refractivity contribution in [3.05, 3.63) is 63.7 Å². The first-order valence-corrected chi connectivity index (χ1v) is 6.91. The highest BCUT2D eigenvalue weighted by molar-refractivity contribution is 5.41. The molecule has 0 amide bonds. The second-order valence-electron chi connectivity index (χ2n) is 5.03. The molecule has 3 aromatic rings. The average molecular weight is 283 g/mol. The van der Waals surface area contributed by atoms with Gasteiger partial charge in [0.05, 0.1) is 6.61 Å². The summed E-state index contributed by atoms with van der Waals surface area (Å²) in [6.07, 6.45) is 0.535. The summed E-state index contributed by atoms with van der Waals surface area (Å²) >= 11 is 0. The zero-order valence-corrected chi connectivity index (χ0v) is 12.1. The van der Waals surface area contributed by atoms with E-state index in [1.807, 2.05) is 50.2 Å². The van der Waals surface area contributed by atoms with E-state index in [1.54, 1.807) is 0 Å². The molecule has 1 N–H and O–H groups in total. The van der Waals surface area contributed by atoms with Gasteiger partial charge in [-0.15, -0.1) is 0 Å². The molecule has 0 aliphatic heterocycles. The van der Waals surface area contributed by atoms with Gasteiger partial charge in [0, 0.05) is 29.4 Å². The van der Waals surface area contributed by atoms with Crippen LogP contribution >= 0.6 is 0 Å². The molecule has 0 unspecified atom stereocenters. The van der Waals surface area contributed by atoms with Crippen LogP contribution < -0.4 is 10.3 Å². The van der Waals surface area contributed by atoms with Crippen LogP contribution in [0, 0.1) is 13.8 Å². The highest BCUT2D eigenvalue weighted by Crippen LogP contribution is 2.10. The van der Waals surface area contributed by atoms with E-state index in [4.69, 9.17) is 4.74 Å². The van der Waals surface area contributed by atoms with E-state index in [9.17, 15) is 4.79 Å². The molecular formula is C16H17N3O2. The van der Waals surface area contributed by atoms with Crippen molar-refractivity contribution in [2.24, 2.45) is 0 Å². The molecule has 1 aromatic carbocycles. The lowest BCUT2D eigenvalue weighted by Gasteiger charge is -2.07. The minimum atomic E-state index is -0.0535. The summed E-state index contributed by atoms with van der Waals surface area (Å²) in [4.78, 5) is 16.9. The maximum Gasteiger partial charge on any atom is 0.276 e. The van der Waals surface area contributed by atoms with Gasteiger partial charge in [-0.25, -0.2) is 9.50 Å². The van der Waals surface area contributed by atoms with Gasteiger partial charge >= 0.3 is 0 Å². The molecule has 0 fully saturated rings. The van der Waals surface area contributed by atoms with Gasteiger partial charge < -0.3 is 4.74 Å². The molecule has 0 spiro atoms. The molecule has 2 aromatic heterocycles. The number of ether oxygens (including phenoxy) is 1. The van der Waals surface area contributed by atoms with Gasteiger partial charge in [0.2, 0.25) is 0 Å². The zero-order chi connectivity index (χ0) is 14.8. The fraction of sp³-hybridized carbons (Fsp3) is 0.250. The largest absolute Gasteiger partial charge is 0.493 e. The van der Waals surface area contributed by atoms with Crippen LogP contribution in [0.25, 0.3) is 5.65 Å². The third kappa shape index (κ3) is 2.67. The highest BCUT2D eigenvalue weighted by atomic mass is 16.5. The lowest BCUT2D eigenvalue weighted by molar-refractivity contribution is 0.321. The summed E-state index contributed by atoms with van der Waals surface area (Å²) in [6.45, 7) is 4.22. The Kier molecular flexibility index (Phi) is 3.48. The van der Waals surface area contributed by atoms with Crippen molar-refractivity contribution >= 4 is 5.65 Å². The zero-order valence-electron chi connectivity index (χ0n) is 12.1. The van der Waals surface area contributed by atoms with E-state index in [0.29, 0.717) is 24.2 Å². The SMILES string of the molecule is Cc1cc2nc(C)c(CCOc3ccccc3)c(=O)n2[nH]1. The fourth-order valence-corrected chi connectivity index (χ4v) is 2.37. The molecule has 0 aliphatic rings. The number of aromatic amines is 1. The van der Waals surface area contributed by atoms with Gasteiger partial charge in [0.15, 0.2) is 5.65 Å². The van der Waals surface area contributed by atoms with Crippen LogP contribution in [-0.2, 0) is 6.42 Å². The van der Waals surface area contributed by atoms with Crippen molar-refractivity contribution in [3.63, 3.8) is 0 Å². The van der Waals surface area contributed by atoms with Gasteiger partial charge in [-0.1, -0.05) is 18.2 Å². The molecule has 21 heavy (non-hydrogen) atoms. The molecule has 108 valence electrons. The molecule has 0 atom stereocenters. The van der Waals surface area contributed by atoms with Gasteiger partial charge in [0.25, 0.3) is 5.56 Å². The molecular weight excluding hydrogens is 266 g/mol. The topological polar surface area (TPSA) is 59.4 Å². The van der Waals surface area contributed by atoms with Crippen LogP contribution in [-0.4, -0.2) is 21.2 Å². The normalized spacial score (nSPS) is 11.0. The van der Waals surface area contributed by atoms with Crippen molar-refractivity contribution in [3.8, 4) is 5.75 Å². The predicted molar refractivity (Wildman–Crippen MR) is 80.9 cm³/mol. The first-order chi connectivity index (χ1) is 10.1. The van der Waals surface area contributed by atoms with Crippen molar-refractivity contribution < 1.29 is 4.74 Å². The Morgan fingerprint density at radius 3 is 2.76 bits per heavy atom. The lowest BCUT2D eigenvalue weighted by Crippen LogP contribution is -2.23. The quantitative estimate of drug-likeness (QED) is 0.799. The first kappa shape index (κ1) is 13.4. The van der Waals surface area contributed by atoms with E-state index >= 15 is 0 Å². The standard InChI is InChI=1S/C16H17N3O2/c1-11-10-15-17-12(2)14(16(20)19(15)18-11)8-9-21-13-6-4-3-5-7-13/h3-7,10,18H,8-9H2,1-2H3. The minimum absolute atomic E-state index is 0.0535. The van der Waals surface area contributed by atoms with Crippen LogP contribution in [0.2, 0.25) is 0 Å². The van der Waals surface area contributed by atoms with Crippen LogP contribution in [0.4, 0.5) is 0 Å². The summed E-state index contributed by atoms with van der Waals surface area (Å²) in [7, 11) is 0. The number of benzene rings is 1. The van der Waals surface area contributed by atoms with Crippen LogP contribution in [0.5, 0.6) is 5.75 Å². The van der Waals surface area contributed by atoms with E-state index in [-0.39, 0.29) is 5.56 Å². The summed E-state index contributed by atoms with van der Waals surface area (Å²) in [5.74, 6) is 0.806. The number of nitrogens with one attached hydrogen (secondary N) is 1. The van der Waals surface area contributed by atoms with Gasteiger partial charge in [-0.05, 0) is 26.0 Å². The summed E-state index contributed by atoms with van der Waals surface area (Å²) in [5.41, 5.74) is 2.96. The maximum absolute atomic E-state index is 12.4. The van der Waals surface area contributed by atoms with Crippen LogP contribution in [0.15, 0.2) is 41.2 Å². The Morgan fingerprint density at radius 1 is 1.24 bits per heavy atom. The minimum Gasteiger partial charge on any atom is -0.493 e. The number of hydrogen-bond donors (Lipinski definition) is 1. The Labute approximate surface area is 122 Å². The van der Waals surface area contributed by atoms with E-state index in [2.05, 4.69) is 10.1 Å². The molecule has 0 bridgehead atoms. The number of para-hydroxylation sites is 1. The monoisotopic (exact) mass is 283 g/mol. The van der Waals surface area contributed by atoms with Crippen molar-refractivity contribution in [2.75, 3.05) is 6.61 Å². The van der Waals surface area contributed by atoms with E-state index in [1.165, 1.54) is 4.52 Å². The number of H-pyrrole nitrogens is 1. The van der Waals surface area contributed by atoms with Crippen molar-refractivity contribution in [1.29, 1.82) is 0 Å². The second-order valence-corrected chi connectivity index (χ2v) is 5.03. The number of rotatable bonds is 4. The molecule has 5 nitrogen and oxygen atoms in total. The average Bonchev–Trinajstić information content (AvgIpc) is 2.84. The number of aryl methyl sites for hydroxylation is 2. The summed E-state index contributed by atoms with van der Waals surface area (Å²) in [5, 5.41) is 3.00.